The van der Waals surface area contributed by atoms with Crippen LogP contribution in [0.25, 0.3) is 0 Å². The molecule has 0 fully saturated rings. The molecule has 2 heterocycles. The van der Waals surface area contributed by atoms with E-state index >= 15 is 0 Å². The molecule has 4 rings (SSSR count). The average molecular weight is 436 g/mol. The van der Waals surface area contributed by atoms with Gasteiger partial charge in [0, 0.05) is 24.0 Å². The van der Waals surface area contributed by atoms with Crippen LogP contribution in [0.2, 0.25) is 0 Å². The molecule has 0 saturated carbocycles. The maximum atomic E-state index is 12.1. The summed E-state index contributed by atoms with van der Waals surface area (Å²) in [4.78, 5) is 12.1. The van der Waals surface area contributed by atoms with Gasteiger partial charge in [-0.2, -0.15) is 0 Å². The maximum absolute atomic E-state index is 12.1. The van der Waals surface area contributed by atoms with Gasteiger partial charge in [0.2, 0.25) is 0 Å². The van der Waals surface area contributed by atoms with Gasteiger partial charge in [-0.05, 0) is 39.8 Å². The molecule has 0 unspecified atom stereocenters. The summed E-state index contributed by atoms with van der Waals surface area (Å²) in [6, 6.07) is 11.6. The molecule has 1 amide bonds. The number of hydrogen-bond donors (Lipinski definition) is 1. The quantitative estimate of drug-likeness (QED) is 0.701. The highest BCUT2D eigenvalue weighted by molar-refractivity contribution is 5.77. The van der Waals surface area contributed by atoms with Crippen molar-refractivity contribution in [3.05, 3.63) is 47.5 Å². The van der Waals surface area contributed by atoms with E-state index in [0.29, 0.717) is 11.5 Å². The molecule has 2 aliphatic rings. The first-order valence-electron chi connectivity index (χ1n) is 10.8. The summed E-state index contributed by atoms with van der Waals surface area (Å²) in [5.41, 5.74) is 1.76. The molecule has 0 aliphatic carbocycles. The van der Waals surface area contributed by atoms with Crippen LogP contribution in [0.1, 0.15) is 38.8 Å². The van der Waals surface area contributed by atoms with Crippen molar-refractivity contribution in [3.63, 3.8) is 0 Å². The van der Waals surface area contributed by atoms with Gasteiger partial charge in [-0.3, -0.25) is 4.79 Å². The van der Waals surface area contributed by atoms with Crippen molar-refractivity contribution in [3.8, 4) is 34.8 Å². The minimum atomic E-state index is -0.260. The van der Waals surface area contributed by atoms with E-state index in [1.54, 1.807) is 0 Å². The fourth-order valence-corrected chi connectivity index (χ4v) is 3.97. The third kappa shape index (κ3) is 5.11. The molecule has 6 nitrogen and oxygen atoms in total. The van der Waals surface area contributed by atoms with Crippen molar-refractivity contribution in [1.29, 1.82) is 0 Å². The Morgan fingerprint density at radius 2 is 1.47 bits per heavy atom. The van der Waals surface area contributed by atoms with E-state index < -0.39 is 0 Å². The SMILES string of the molecule is CC1(C)Cc2cccc(OCC#CCNC(=O)COc3cccc4c3OC(C)(C)C4)c2O1. The Labute approximate surface area is 189 Å². The molecular formula is C26H29NO5. The number of carbonyl (C=O) groups excluding carboxylic acids is 1. The Bertz CT molecular complexity index is 1080. The summed E-state index contributed by atoms with van der Waals surface area (Å²) in [7, 11) is 0. The number of carbonyl (C=O) groups is 1. The molecule has 0 spiro atoms. The molecule has 2 aliphatic heterocycles. The van der Waals surface area contributed by atoms with Crippen LogP contribution >= 0.6 is 0 Å². The van der Waals surface area contributed by atoms with E-state index in [4.69, 9.17) is 18.9 Å². The van der Waals surface area contributed by atoms with Crippen molar-refractivity contribution < 1.29 is 23.7 Å². The molecule has 0 atom stereocenters. The van der Waals surface area contributed by atoms with E-state index in [-0.39, 0.29) is 36.9 Å². The first-order valence-corrected chi connectivity index (χ1v) is 10.8. The summed E-state index contributed by atoms with van der Waals surface area (Å²) in [6.45, 7) is 8.52. The Morgan fingerprint density at radius 3 is 2.06 bits per heavy atom. The highest BCUT2D eigenvalue weighted by Crippen LogP contribution is 2.42. The number of amides is 1. The van der Waals surface area contributed by atoms with Crippen molar-refractivity contribution in [2.24, 2.45) is 0 Å². The van der Waals surface area contributed by atoms with E-state index in [9.17, 15) is 4.79 Å². The van der Waals surface area contributed by atoms with E-state index in [1.165, 1.54) is 0 Å². The van der Waals surface area contributed by atoms with Gasteiger partial charge < -0.3 is 24.3 Å². The Balaban J connectivity index is 1.20. The monoisotopic (exact) mass is 435 g/mol. The van der Waals surface area contributed by atoms with Gasteiger partial charge in [0.1, 0.15) is 17.8 Å². The predicted octanol–water partition coefficient (Wildman–Crippen LogP) is 3.69. The summed E-state index contributed by atoms with van der Waals surface area (Å²) in [5, 5.41) is 2.73. The molecule has 2 aromatic carbocycles. The fraction of sp³-hybridized carbons (Fsp3) is 0.423. The van der Waals surface area contributed by atoms with Crippen LogP contribution < -0.4 is 24.3 Å². The van der Waals surface area contributed by atoms with Gasteiger partial charge in [0.05, 0.1) is 6.54 Å². The maximum Gasteiger partial charge on any atom is 0.258 e. The zero-order valence-electron chi connectivity index (χ0n) is 19.0. The van der Waals surface area contributed by atoms with Gasteiger partial charge in [0.25, 0.3) is 5.91 Å². The molecule has 0 saturated heterocycles. The highest BCUT2D eigenvalue weighted by atomic mass is 16.5. The van der Waals surface area contributed by atoms with Crippen LogP contribution in [0.5, 0.6) is 23.0 Å². The third-order valence-electron chi connectivity index (χ3n) is 5.27. The summed E-state index contributed by atoms with van der Waals surface area (Å²) in [5.74, 6) is 8.37. The normalized spacial score (nSPS) is 16.5. The zero-order valence-corrected chi connectivity index (χ0v) is 19.0. The van der Waals surface area contributed by atoms with Crippen LogP contribution in [-0.2, 0) is 17.6 Å². The van der Waals surface area contributed by atoms with Gasteiger partial charge in [-0.25, -0.2) is 0 Å². The van der Waals surface area contributed by atoms with Crippen molar-refractivity contribution in [2.45, 2.75) is 51.7 Å². The van der Waals surface area contributed by atoms with E-state index in [2.05, 4.69) is 37.1 Å². The van der Waals surface area contributed by atoms with Crippen LogP contribution in [0.4, 0.5) is 0 Å². The standard InChI is InChI=1S/C26H29NO5/c1-25(2)15-18-9-7-11-20(23(18)31-25)29-14-6-5-13-27-22(28)17-30-21-12-8-10-19-16-26(3,4)32-24(19)21/h7-12H,13-17H2,1-4H3,(H,27,28). The van der Waals surface area contributed by atoms with Gasteiger partial charge in [0.15, 0.2) is 29.6 Å². The van der Waals surface area contributed by atoms with Crippen molar-refractivity contribution in [1.82, 2.24) is 5.32 Å². The Hall–Kier alpha value is -3.33. The first-order chi connectivity index (χ1) is 15.2. The largest absolute Gasteiger partial charge is 0.483 e. The minimum absolute atomic E-state index is 0.0955. The number of benzene rings is 2. The predicted molar refractivity (Wildman–Crippen MR) is 121 cm³/mol. The topological polar surface area (TPSA) is 66.0 Å². The Morgan fingerprint density at radius 1 is 0.906 bits per heavy atom. The van der Waals surface area contributed by atoms with Crippen molar-refractivity contribution >= 4 is 5.91 Å². The lowest BCUT2D eigenvalue weighted by molar-refractivity contribution is -0.122. The first kappa shape index (κ1) is 21.9. The lowest BCUT2D eigenvalue weighted by Gasteiger charge is -2.18. The number of hydrogen-bond acceptors (Lipinski definition) is 5. The fourth-order valence-electron chi connectivity index (χ4n) is 3.97. The highest BCUT2D eigenvalue weighted by Gasteiger charge is 2.33. The molecule has 2 aromatic rings. The average Bonchev–Trinajstić information content (AvgIpc) is 3.22. The molecule has 168 valence electrons. The van der Waals surface area contributed by atoms with Crippen LogP contribution in [-0.4, -0.2) is 36.9 Å². The van der Waals surface area contributed by atoms with Crippen molar-refractivity contribution in [2.75, 3.05) is 19.8 Å². The number of ether oxygens (including phenoxy) is 4. The van der Waals surface area contributed by atoms with E-state index in [1.807, 2.05) is 44.2 Å². The van der Waals surface area contributed by atoms with Gasteiger partial charge in [-0.1, -0.05) is 36.1 Å². The summed E-state index contributed by atoms with van der Waals surface area (Å²) >= 11 is 0. The summed E-state index contributed by atoms with van der Waals surface area (Å²) < 4.78 is 23.4. The number of para-hydroxylation sites is 2. The Kier molecular flexibility index (Phi) is 5.92. The number of fused-ring (bicyclic) bond motifs is 2. The van der Waals surface area contributed by atoms with Crippen LogP contribution in [0.3, 0.4) is 0 Å². The molecule has 0 bridgehead atoms. The second kappa shape index (κ2) is 8.66. The molecule has 0 radical (unpaired) electrons. The second-order valence-corrected chi connectivity index (χ2v) is 9.27. The van der Waals surface area contributed by atoms with Crippen LogP contribution in [0.15, 0.2) is 36.4 Å². The minimum Gasteiger partial charge on any atom is -0.483 e. The number of nitrogens with one attached hydrogen (secondary N) is 1. The second-order valence-electron chi connectivity index (χ2n) is 9.27. The van der Waals surface area contributed by atoms with E-state index in [0.717, 1.165) is 35.5 Å². The van der Waals surface area contributed by atoms with Crippen LogP contribution in [0, 0.1) is 11.8 Å². The van der Waals surface area contributed by atoms with Gasteiger partial charge in [-0.15, -0.1) is 0 Å². The lowest BCUT2D eigenvalue weighted by atomic mass is 10.0. The molecule has 32 heavy (non-hydrogen) atoms. The smallest absolute Gasteiger partial charge is 0.258 e. The lowest BCUT2D eigenvalue weighted by Crippen LogP contribution is -2.29. The zero-order chi connectivity index (χ0) is 22.8. The third-order valence-corrected chi connectivity index (χ3v) is 5.27. The summed E-state index contributed by atoms with van der Waals surface area (Å²) in [6.07, 6.45) is 1.67. The van der Waals surface area contributed by atoms with Gasteiger partial charge >= 0.3 is 0 Å². The molecule has 6 heteroatoms. The number of rotatable bonds is 6. The molecule has 1 N–H and O–H groups in total. The molecule has 0 aromatic heterocycles. The molecular weight excluding hydrogens is 406 g/mol.